The number of rotatable bonds is 12. The lowest BCUT2D eigenvalue weighted by molar-refractivity contribution is -0.133. The van der Waals surface area contributed by atoms with E-state index in [9.17, 15) is 23.6 Å². The molecule has 1 aliphatic carbocycles. The summed E-state index contributed by atoms with van der Waals surface area (Å²) in [7, 11) is 0. The van der Waals surface area contributed by atoms with Gasteiger partial charge in [-0.05, 0) is 87.3 Å². The summed E-state index contributed by atoms with van der Waals surface area (Å²) in [6.07, 6.45) is 8.69. The van der Waals surface area contributed by atoms with Crippen molar-refractivity contribution in [1.82, 2.24) is 35.0 Å². The topological polar surface area (TPSA) is 157 Å². The second kappa shape index (κ2) is 18.7. The lowest BCUT2D eigenvalue weighted by Crippen LogP contribution is -2.52. The third kappa shape index (κ3) is 10.2. The molecule has 4 N–H and O–H groups in total. The van der Waals surface area contributed by atoms with E-state index in [1.807, 2.05) is 0 Å². The first-order valence-corrected chi connectivity index (χ1v) is 21.1. The number of hydrogen-bond acceptors (Lipinski definition) is 11. The van der Waals surface area contributed by atoms with Crippen LogP contribution in [0.4, 0.5) is 26.1 Å². The van der Waals surface area contributed by atoms with Crippen LogP contribution in [0, 0.1) is 17.6 Å². The van der Waals surface area contributed by atoms with Gasteiger partial charge in [0.15, 0.2) is 5.82 Å². The predicted octanol–water partition coefficient (Wildman–Crippen LogP) is 4.16. The maximum atomic E-state index is 15.2. The fraction of sp³-hybridized carbons (Fsp3) is 0.455. The summed E-state index contributed by atoms with van der Waals surface area (Å²) in [5.41, 5.74) is 2.21. The van der Waals surface area contributed by atoms with Gasteiger partial charge in [-0.15, -0.1) is 0 Å². The molecule has 1 saturated carbocycles. The third-order valence-corrected chi connectivity index (χ3v) is 12.2. The molecule has 0 bridgehead atoms. The van der Waals surface area contributed by atoms with Crippen LogP contribution in [0.1, 0.15) is 51.4 Å². The molecule has 3 aliphatic heterocycles. The fourth-order valence-electron chi connectivity index (χ4n) is 8.86. The first-order chi connectivity index (χ1) is 29.1. The molecule has 60 heavy (non-hydrogen) atoms. The first-order valence-electron chi connectivity index (χ1n) is 21.1. The van der Waals surface area contributed by atoms with Gasteiger partial charge in [0.25, 0.3) is 5.56 Å². The number of pyridine rings is 1. The highest BCUT2D eigenvalue weighted by molar-refractivity contribution is 6.01. The van der Waals surface area contributed by atoms with Crippen LogP contribution in [-0.4, -0.2) is 113 Å². The van der Waals surface area contributed by atoms with Gasteiger partial charge in [-0.25, -0.2) is 18.7 Å². The van der Waals surface area contributed by atoms with E-state index in [0.717, 1.165) is 84.3 Å². The summed E-state index contributed by atoms with van der Waals surface area (Å²) in [5.74, 6) is -0.630. The Balaban J connectivity index is 0.726. The minimum Gasteiger partial charge on any atom is -0.374 e. The highest BCUT2D eigenvalue weighted by atomic mass is 19.1. The molecule has 14 nitrogen and oxygen atoms in total. The molecule has 4 aliphatic rings. The number of aromatic nitrogens is 3. The summed E-state index contributed by atoms with van der Waals surface area (Å²) in [5, 5.41) is 12.0. The van der Waals surface area contributed by atoms with Crippen LogP contribution in [0.5, 0.6) is 0 Å². The largest absolute Gasteiger partial charge is 0.374 e. The monoisotopic (exact) mass is 822 g/mol. The Morgan fingerprint density at radius 3 is 2.30 bits per heavy atom. The lowest BCUT2D eigenvalue weighted by Gasteiger charge is -2.39. The minimum absolute atomic E-state index is 0.0470. The van der Waals surface area contributed by atoms with Crippen LogP contribution in [0.3, 0.4) is 0 Å². The second-order valence-electron chi connectivity index (χ2n) is 16.4. The second-order valence-corrected chi connectivity index (χ2v) is 16.4. The molecule has 1 atom stereocenters. The number of carbonyl (C=O) groups is 3. The van der Waals surface area contributed by atoms with Gasteiger partial charge in [-0.2, -0.15) is 0 Å². The van der Waals surface area contributed by atoms with Gasteiger partial charge in [-0.3, -0.25) is 34.0 Å². The number of hydrogen-bond donors (Lipinski definition) is 4. The summed E-state index contributed by atoms with van der Waals surface area (Å²) in [4.78, 5) is 64.4. The number of piperazine rings is 1. The van der Waals surface area contributed by atoms with Crippen LogP contribution in [-0.2, 0) is 14.4 Å². The maximum absolute atomic E-state index is 15.2. The van der Waals surface area contributed by atoms with Crippen molar-refractivity contribution >= 4 is 35.0 Å². The number of amides is 3. The van der Waals surface area contributed by atoms with Gasteiger partial charge in [-0.1, -0.05) is 18.2 Å². The average molecular weight is 823 g/mol. The zero-order valence-corrected chi connectivity index (χ0v) is 33.6. The van der Waals surface area contributed by atoms with Crippen molar-refractivity contribution in [2.24, 2.45) is 5.92 Å². The minimum atomic E-state index is -0.555. The Morgan fingerprint density at radius 2 is 1.55 bits per heavy atom. The maximum Gasteiger partial charge on any atom is 0.255 e. The molecule has 5 heterocycles. The Morgan fingerprint density at radius 1 is 0.783 bits per heavy atom. The van der Waals surface area contributed by atoms with Crippen LogP contribution in [0.2, 0.25) is 0 Å². The number of piperidine rings is 2. The molecular weight excluding hydrogens is 771 g/mol. The van der Waals surface area contributed by atoms with Gasteiger partial charge in [0, 0.05) is 93.5 Å². The molecule has 2 aromatic carbocycles. The average Bonchev–Trinajstić information content (AvgIpc) is 3.25. The molecule has 4 fully saturated rings. The number of carbonyl (C=O) groups excluding carboxylic acids is 3. The Kier molecular flexibility index (Phi) is 12.8. The molecule has 8 rings (SSSR count). The quantitative estimate of drug-likeness (QED) is 0.152. The Labute approximate surface area is 347 Å². The smallest absolute Gasteiger partial charge is 0.255 e. The van der Waals surface area contributed by atoms with Gasteiger partial charge in [0.05, 0.1) is 18.4 Å². The highest BCUT2D eigenvalue weighted by Crippen LogP contribution is 2.30. The Hall–Kier alpha value is -5.74. The number of anilines is 3. The summed E-state index contributed by atoms with van der Waals surface area (Å²) >= 11 is 0. The van der Waals surface area contributed by atoms with Gasteiger partial charge >= 0.3 is 0 Å². The standard InChI is InChI=1S/C44H52F2N10O4/c45-35-25-33(48-37-12-14-39(57)51-43(37)60)11-13-38(35)55-18-15-29(16-19-55)27-53-20-22-54(23-21-53)28-40(58)49-31-7-9-32(10-8-31)50-44-47-26-36(46)42(52-44)30-4-3-5-34(24-30)56-17-2-1-6-41(56)59/h1-6,11,13,17,24-26,29,31-32,37,48H,7-10,12,14-16,18-23,27-28H2,(H,49,58)(H,47,50,52)(H,51,57,60)/t31-,32-,37?. The van der Waals surface area contributed by atoms with Gasteiger partial charge < -0.3 is 25.8 Å². The van der Waals surface area contributed by atoms with Gasteiger partial charge in [0.1, 0.15) is 17.6 Å². The number of halogens is 2. The third-order valence-electron chi connectivity index (χ3n) is 12.2. The molecule has 2 aromatic heterocycles. The van der Waals surface area contributed by atoms with E-state index in [1.165, 1.54) is 22.9 Å². The normalized spacial score (nSPS) is 22.0. The van der Waals surface area contributed by atoms with E-state index in [-0.39, 0.29) is 53.3 Å². The number of imide groups is 1. The lowest BCUT2D eigenvalue weighted by atomic mass is 9.91. The zero-order chi connectivity index (χ0) is 41.6. The molecule has 0 spiro atoms. The van der Waals surface area contributed by atoms with Crippen molar-refractivity contribution in [1.29, 1.82) is 0 Å². The van der Waals surface area contributed by atoms with E-state index in [4.69, 9.17) is 0 Å². The van der Waals surface area contributed by atoms with E-state index in [0.29, 0.717) is 47.5 Å². The molecular formula is C44H52F2N10O4. The molecule has 4 aromatic rings. The van der Waals surface area contributed by atoms with E-state index in [1.54, 1.807) is 54.7 Å². The molecule has 16 heteroatoms. The van der Waals surface area contributed by atoms with Crippen molar-refractivity contribution < 1.29 is 23.2 Å². The van der Waals surface area contributed by atoms with Crippen molar-refractivity contribution in [3.63, 3.8) is 0 Å². The fourth-order valence-corrected chi connectivity index (χ4v) is 8.86. The van der Waals surface area contributed by atoms with E-state index < -0.39 is 11.9 Å². The van der Waals surface area contributed by atoms with Crippen LogP contribution in [0.25, 0.3) is 16.9 Å². The Bertz CT molecular complexity index is 2230. The van der Waals surface area contributed by atoms with Crippen LogP contribution < -0.4 is 31.7 Å². The van der Waals surface area contributed by atoms with Crippen molar-refractivity contribution in [3.05, 3.63) is 95.0 Å². The molecule has 3 saturated heterocycles. The summed E-state index contributed by atoms with van der Waals surface area (Å²) < 4.78 is 31.6. The molecule has 3 amide bonds. The van der Waals surface area contributed by atoms with Gasteiger partial charge in [0.2, 0.25) is 23.7 Å². The van der Waals surface area contributed by atoms with Crippen molar-refractivity contribution in [2.45, 2.75) is 69.5 Å². The van der Waals surface area contributed by atoms with E-state index >= 15 is 4.39 Å². The van der Waals surface area contributed by atoms with Crippen LogP contribution >= 0.6 is 0 Å². The predicted molar refractivity (Wildman–Crippen MR) is 225 cm³/mol. The number of nitrogens with one attached hydrogen (secondary N) is 4. The number of nitrogens with zero attached hydrogens (tertiary/aromatic N) is 6. The molecule has 316 valence electrons. The summed E-state index contributed by atoms with van der Waals surface area (Å²) in [6.45, 7) is 6.41. The molecule has 1 unspecified atom stereocenters. The van der Waals surface area contributed by atoms with Crippen molar-refractivity contribution in [2.75, 3.05) is 67.9 Å². The first kappa shape index (κ1) is 41.0. The SMILES string of the molecule is O=C1CCC(Nc2ccc(N3CCC(CN4CCN(CC(=O)N[C@H]5CC[C@H](Nc6ncc(F)c(-c7cccc(-n8ccccc8=O)c7)n6)CC5)CC4)CC3)c(F)c2)C(=O)N1. The van der Waals surface area contributed by atoms with Crippen molar-refractivity contribution in [3.8, 4) is 16.9 Å². The molecule has 0 radical (unpaired) electrons. The highest BCUT2D eigenvalue weighted by Gasteiger charge is 2.29. The zero-order valence-electron chi connectivity index (χ0n) is 33.6. The van der Waals surface area contributed by atoms with Crippen LogP contribution in [0.15, 0.2) is 77.9 Å². The summed E-state index contributed by atoms with van der Waals surface area (Å²) in [6, 6.07) is 16.6. The van der Waals surface area contributed by atoms with E-state index in [2.05, 4.69) is 45.9 Å². The number of benzene rings is 2.